The van der Waals surface area contributed by atoms with Gasteiger partial charge >= 0.3 is 0 Å². The average Bonchev–Trinajstić information content (AvgIpc) is 2.52. The molecule has 0 saturated carbocycles. The van der Waals surface area contributed by atoms with Gasteiger partial charge in [0.25, 0.3) is 0 Å². The number of hydrogen-bond donors (Lipinski definition) is 2. The Hall–Kier alpha value is -1.16. The molecular formula is C16H18Cl2N2O4S2. The van der Waals surface area contributed by atoms with Gasteiger partial charge in [0.2, 0.25) is 20.0 Å². The Labute approximate surface area is 163 Å². The van der Waals surface area contributed by atoms with E-state index in [1.54, 1.807) is 0 Å². The fraction of sp³-hybridized carbons (Fsp3) is 0.250. The van der Waals surface area contributed by atoms with Gasteiger partial charge in [-0.05, 0) is 36.6 Å². The standard InChI is InChI=1S/C16H18Cl2N2O4S2/c1-2-3-4-13-14(18)8-7-12(16(13)26(20,23)24)11-6-5-10(17)9-15(11)25(19,21)22/h5-9H,2-4H2,1H3,(H2,19,21,22)(H2,20,23,24). The molecule has 142 valence electrons. The summed E-state index contributed by atoms with van der Waals surface area (Å²) in [4.78, 5) is -0.496. The predicted molar refractivity (Wildman–Crippen MR) is 103 cm³/mol. The molecule has 0 bridgehead atoms. The lowest BCUT2D eigenvalue weighted by Gasteiger charge is -2.17. The number of nitrogens with two attached hydrogens (primary N) is 2. The molecule has 0 aliphatic carbocycles. The number of sulfonamides is 2. The molecule has 0 fully saturated rings. The van der Waals surface area contributed by atoms with Crippen LogP contribution in [-0.4, -0.2) is 16.8 Å². The largest absolute Gasteiger partial charge is 0.238 e. The number of primary sulfonamides is 2. The zero-order chi connectivity index (χ0) is 19.7. The van der Waals surface area contributed by atoms with Gasteiger partial charge in [-0.3, -0.25) is 0 Å². The maximum atomic E-state index is 12.3. The van der Waals surface area contributed by atoms with E-state index in [9.17, 15) is 16.8 Å². The third-order valence-electron chi connectivity index (χ3n) is 3.81. The maximum absolute atomic E-state index is 12.3. The van der Waals surface area contributed by atoms with E-state index < -0.39 is 20.0 Å². The van der Waals surface area contributed by atoms with Crippen molar-refractivity contribution >= 4 is 43.2 Å². The Balaban J connectivity index is 2.93. The molecule has 4 N–H and O–H groups in total. The Morgan fingerprint density at radius 3 is 2.08 bits per heavy atom. The van der Waals surface area contributed by atoms with Crippen LogP contribution in [0.2, 0.25) is 10.0 Å². The molecule has 2 aromatic carbocycles. The summed E-state index contributed by atoms with van der Waals surface area (Å²) in [6.45, 7) is 1.95. The molecular weight excluding hydrogens is 419 g/mol. The normalized spacial score (nSPS) is 12.3. The van der Waals surface area contributed by atoms with Crippen molar-refractivity contribution in [3.8, 4) is 11.1 Å². The highest BCUT2D eigenvalue weighted by molar-refractivity contribution is 7.89. The number of benzene rings is 2. The molecule has 2 aromatic rings. The molecule has 10 heteroatoms. The van der Waals surface area contributed by atoms with Crippen LogP contribution in [0.4, 0.5) is 0 Å². The van der Waals surface area contributed by atoms with E-state index in [0.29, 0.717) is 18.4 Å². The average molecular weight is 437 g/mol. The molecule has 0 saturated heterocycles. The highest BCUT2D eigenvalue weighted by atomic mass is 35.5. The van der Waals surface area contributed by atoms with Gasteiger partial charge < -0.3 is 0 Å². The third kappa shape index (κ3) is 4.57. The van der Waals surface area contributed by atoms with Gasteiger partial charge in [0.15, 0.2) is 0 Å². The van der Waals surface area contributed by atoms with Crippen LogP contribution in [0.25, 0.3) is 11.1 Å². The molecule has 0 radical (unpaired) electrons. The highest BCUT2D eigenvalue weighted by Gasteiger charge is 2.26. The zero-order valence-corrected chi connectivity index (χ0v) is 17.0. The second-order valence-electron chi connectivity index (χ2n) is 5.74. The van der Waals surface area contributed by atoms with Crippen LogP contribution in [0.15, 0.2) is 40.1 Å². The first-order chi connectivity index (χ1) is 12.0. The molecule has 0 spiro atoms. The molecule has 6 nitrogen and oxygen atoms in total. The molecule has 0 atom stereocenters. The molecule has 0 unspecified atom stereocenters. The summed E-state index contributed by atoms with van der Waals surface area (Å²) in [6.07, 6.45) is 1.88. The van der Waals surface area contributed by atoms with E-state index in [1.165, 1.54) is 30.3 Å². The monoisotopic (exact) mass is 436 g/mol. The van der Waals surface area contributed by atoms with Crippen LogP contribution in [0.3, 0.4) is 0 Å². The topological polar surface area (TPSA) is 120 Å². The minimum Gasteiger partial charge on any atom is -0.225 e. The molecule has 26 heavy (non-hydrogen) atoms. The van der Waals surface area contributed by atoms with Crippen molar-refractivity contribution in [2.45, 2.75) is 36.0 Å². The number of rotatable bonds is 6. The number of halogens is 2. The lowest BCUT2D eigenvalue weighted by Crippen LogP contribution is -2.18. The lowest BCUT2D eigenvalue weighted by molar-refractivity contribution is 0.594. The molecule has 0 amide bonds. The molecule has 0 aromatic heterocycles. The quantitative estimate of drug-likeness (QED) is 0.720. The molecule has 0 aliphatic heterocycles. The lowest BCUT2D eigenvalue weighted by atomic mass is 10.00. The van der Waals surface area contributed by atoms with Gasteiger partial charge in [0.05, 0.1) is 9.79 Å². The van der Waals surface area contributed by atoms with Crippen molar-refractivity contribution in [3.05, 3.63) is 45.9 Å². The van der Waals surface area contributed by atoms with Crippen molar-refractivity contribution in [2.24, 2.45) is 10.3 Å². The predicted octanol–water partition coefficient (Wildman–Crippen LogP) is 3.30. The zero-order valence-electron chi connectivity index (χ0n) is 13.9. The first kappa shape index (κ1) is 21.1. The first-order valence-electron chi connectivity index (χ1n) is 7.63. The smallest absolute Gasteiger partial charge is 0.225 e. The van der Waals surface area contributed by atoms with Gasteiger partial charge in [-0.1, -0.05) is 48.7 Å². The summed E-state index contributed by atoms with van der Waals surface area (Å²) in [5.41, 5.74) is 0.558. The van der Waals surface area contributed by atoms with Crippen LogP contribution in [-0.2, 0) is 26.5 Å². The Kier molecular flexibility index (Phi) is 6.37. The van der Waals surface area contributed by atoms with Crippen LogP contribution in [0, 0.1) is 0 Å². The highest BCUT2D eigenvalue weighted by Crippen LogP contribution is 2.38. The van der Waals surface area contributed by atoms with Crippen LogP contribution >= 0.6 is 23.2 Å². The fourth-order valence-electron chi connectivity index (χ4n) is 2.68. The van der Waals surface area contributed by atoms with Crippen molar-refractivity contribution in [3.63, 3.8) is 0 Å². The van der Waals surface area contributed by atoms with E-state index in [1.807, 2.05) is 6.92 Å². The van der Waals surface area contributed by atoms with Crippen LogP contribution < -0.4 is 10.3 Å². The first-order valence-corrected chi connectivity index (χ1v) is 11.5. The van der Waals surface area contributed by atoms with Gasteiger partial charge in [-0.2, -0.15) is 0 Å². The second kappa shape index (κ2) is 7.84. The van der Waals surface area contributed by atoms with E-state index in [-0.39, 0.29) is 31.0 Å². The summed E-state index contributed by atoms with van der Waals surface area (Å²) in [6, 6.07) is 6.93. The second-order valence-corrected chi connectivity index (χ2v) is 9.61. The summed E-state index contributed by atoms with van der Waals surface area (Å²) in [5, 5.41) is 11.1. The van der Waals surface area contributed by atoms with E-state index >= 15 is 0 Å². The van der Waals surface area contributed by atoms with Crippen LogP contribution in [0.1, 0.15) is 25.3 Å². The molecule has 2 rings (SSSR count). The fourth-order valence-corrected chi connectivity index (χ4v) is 5.04. The van der Waals surface area contributed by atoms with Crippen molar-refractivity contribution in [2.75, 3.05) is 0 Å². The summed E-state index contributed by atoms with van der Waals surface area (Å²) >= 11 is 12.1. The minimum atomic E-state index is -4.19. The third-order valence-corrected chi connectivity index (χ3v) is 6.38. The summed E-state index contributed by atoms with van der Waals surface area (Å²) < 4.78 is 48.6. The Morgan fingerprint density at radius 2 is 1.54 bits per heavy atom. The molecule has 0 aliphatic rings. The summed E-state index contributed by atoms with van der Waals surface area (Å²) in [5.74, 6) is 0. The van der Waals surface area contributed by atoms with Crippen LogP contribution in [0.5, 0.6) is 0 Å². The minimum absolute atomic E-state index is 0.0929. The van der Waals surface area contributed by atoms with Gasteiger partial charge in [-0.25, -0.2) is 27.1 Å². The van der Waals surface area contributed by atoms with Crippen molar-refractivity contribution in [1.82, 2.24) is 0 Å². The van der Waals surface area contributed by atoms with E-state index in [2.05, 4.69) is 0 Å². The van der Waals surface area contributed by atoms with Gasteiger partial charge in [0, 0.05) is 21.2 Å². The van der Waals surface area contributed by atoms with Gasteiger partial charge in [-0.15, -0.1) is 0 Å². The SMILES string of the molecule is CCCCc1c(Cl)ccc(-c2ccc(Cl)cc2S(N)(=O)=O)c1S(N)(=O)=O. The maximum Gasteiger partial charge on any atom is 0.238 e. The van der Waals surface area contributed by atoms with Gasteiger partial charge in [0.1, 0.15) is 0 Å². The summed E-state index contributed by atoms with van der Waals surface area (Å²) in [7, 11) is -8.35. The number of unbranched alkanes of at least 4 members (excludes halogenated alkanes) is 1. The van der Waals surface area contributed by atoms with E-state index in [4.69, 9.17) is 33.5 Å². The van der Waals surface area contributed by atoms with Crippen molar-refractivity contribution < 1.29 is 16.8 Å². The Morgan fingerprint density at radius 1 is 0.923 bits per heavy atom. The molecule has 0 heterocycles. The number of hydrogen-bond acceptors (Lipinski definition) is 4. The van der Waals surface area contributed by atoms with E-state index in [0.717, 1.165) is 6.42 Å². The Bertz CT molecular complexity index is 1050. The van der Waals surface area contributed by atoms with Crippen molar-refractivity contribution in [1.29, 1.82) is 0 Å².